The molecular weight excluding hydrogens is 717 g/mol. The maximum absolute atomic E-state index is 12.6. The molecule has 0 amide bonds. The summed E-state index contributed by atoms with van der Waals surface area (Å²) >= 11 is 0. The van der Waals surface area contributed by atoms with E-state index in [1.807, 2.05) is 48.5 Å². The first-order chi connectivity index (χ1) is 28.6. The summed E-state index contributed by atoms with van der Waals surface area (Å²) in [5.41, 5.74) is 1.26. The minimum absolute atomic E-state index is 0.0595. The van der Waals surface area contributed by atoms with E-state index < -0.39 is 0 Å². The van der Waals surface area contributed by atoms with Crippen molar-refractivity contribution in [2.24, 2.45) is 0 Å². The number of rotatable bonds is 41. The standard InChI is InChI=1S/C52H84N2O4/c1-3-5-7-9-11-13-15-17-19-21-23-25-27-29-45-57-49-35-31-47(32-36-49)51(55)39-41-53-43-44-54-42-40-52(56)48-33-37-50(38-34-48)58-46-30-28-26-24-22-20-18-16-14-12-10-8-6-4-2/h31-42,53-54H,3-30,43-46H2,1-2H3/b41-39+,42-40+. The number of ketones is 2. The molecule has 0 saturated carbocycles. The van der Waals surface area contributed by atoms with Gasteiger partial charge in [0.2, 0.25) is 0 Å². The molecule has 0 aliphatic rings. The van der Waals surface area contributed by atoms with Crippen molar-refractivity contribution in [2.75, 3.05) is 26.3 Å². The molecule has 6 heteroatoms. The van der Waals surface area contributed by atoms with E-state index in [0.29, 0.717) is 37.4 Å². The van der Waals surface area contributed by atoms with Crippen LogP contribution in [-0.4, -0.2) is 37.9 Å². The molecule has 0 radical (unpaired) electrons. The summed E-state index contributed by atoms with van der Waals surface area (Å²) in [4.78, 5) is 25.1. The minimum Gasteiger partial charge on any atom is -0.494 e. The van der Waals surface area contributed by atoms with Gasteiger partial charge in [-0.2, -0.15) is 0 Å². The summed E-state index contributed by atoms with van der Waals surface area (Å²) in [5.74, 6) is 1.50. The van der Waals surface area contributed by atoms with E-state index in [1.54, 1.807) is 12.4 Å². The maximum atomic E-state index is 12.6. The average molecular weight is 801 g/mol. The highest BCUT2D eigenvalue weighted by atomic mass is 16.5. The Kier molecular flexibility index (Phi) is 32.9. The molecule has 0 heterocycles. The van der Waals surface area contributed by atoms with Crippen molar-refractivity contribution in [3.63, 3.8) is 0 Å². The molecule has 0 saturated heterocycles. The van der Waals surface area contributed by atoms with Gasteiger partial charge in [0.1, 0.15) is 11.5 Å². The van der Waals surface area contributed by atoms with Crippen LogP contribution in [0.3, 0.4) is 0 Å². The van der Waals surface area contributed by atoms with Crippen molar-refractivity contribution in [1.29, 1.82) is 0 Å². The Labute approximate surface area is 355 Å². The number of unbranched alkanes of at least 4 members (excludes halogenated alkanes) is 26. The third kappa shape index (κ3) is 28.8. The van der Waals surface area contributed by atoms with Crippen molar-refractivity contribution in [3.8, 4) is 11.5 Å². The fraction of sp³-hybridized carbons (Fsp3) is 0.654. The monoisotopic (exact) mass is 801 g/mol. The second-order valence-corrected chi connectivity index (χ2v) is 16.2. The molecule has 6 nitrogen and oxygen atoms in total. The zero-order chi connectivity index (χ0) is 41.4. The molecule has 58 heavy (non-hydrogen) atoms. The molecular formula is C52H84N2O4. The highest BCUT2D eigenvalue weighted by molar-refractivity contribution is 6.05. The lowest BCUT2D eigenvalue weighted by Gasteiger charge is -2.07. The van der Waals surface area contributed by atoms with Gasteiger partial charge in [0.05, 0.1) is 13.2 Å². The van der Waals surface area contributed by atoms with Crippen LogP contribution in [0.15, 0.2) is 73.1 Å². The molecule has 0 aromatic heterocycles. The van der Waals surface area contributed by atoms with E-state index in [-0.39, 0.29) is 11.6 Å². The molecule has 2 aromatic rings. The summed E-state index contributed by atoms with van der Waals surface area (Å²) in [6, 6.07) is 14.8. The second-order valence-electron chi connectivity index (χ2n) is 16.2. The average Bonchev–Trinajstić information content (AvgIpc) is 3.24. The number of allylic oxidation sites excluding steroid dienone is 2. The number of nitrogens with one attached hydrogen (secondary N) is 2. The van der Waals surface area contributed by atoms with Gasteiger partial charge in [-0.25, -0.2) is 0 Å². The summed E-state index contributed by atoms with van der Waals surface area (Å²) in [6.07, 6.45) is 44.1. The third-order valence-electron chi connectivity index (χ3n) is 10.9. The van der Waals surface area contributed by atoms with Gasteiger partial charge >= 0.3 is 0 Å². The first-order valence-electron chi connectivity index (χ1n) is 24.0. The Morgan fingerprint density at radius 1 is 0.397 bits per heavy atom. The molecule has 2 rings (SSSR count). The minimum atomic E-state index is -0.0595. The van der Waals surface area contributed by atoms with E-state index in [2.05, 4.69) is 24.5 Å². The van der Waals surface area contributed by atoms with Gasteiger partial charge in [-0.15, -0.1) is 0 Å². The third-order valence-corrected chi connectivity index (χ3v) is 10.9. The zero-order valence-electron chi connectivity index (χ0n) is 37.2. The molecule has 0 aliphatic carbocycles. The van der Waals surface area contributed by atoms with Crippen LogP contribution < -0.4 is 20.1 Å². The van der Waals surface area contributed by atoms with E-state index in [9.17, 15) is 9.59 Å². The van der Waals surface area contributed by atoms with Gasteiger partial charge in [-0.3, -0.25) is 9.59 Å². The van der Waals surface area contributed by atoms with Crippen molar-refractivity contribution >= 4 is 11.6 Å². The highest BCUT2D eigenvalue weighted by Gasteiger charge is 2.04. The maximum Gasteiger partial charge on any atom is 0.187 e. The Bertz CT molecular complexity index is 1200. The molecule has 0 bridgehead atoms. The fourth-order valence-electron chi connectivity index (χ4n) is 7.18. The lowest BCUT2D eigenvalue weighted by atomic mass is 10.0. The van der Waals surface area contributed by atoms with Gasteiger partial charge in [-0.05, 0) is 61.4 Å². The number of hydrogen-bond acceptors (Lipinski definition) is 6. The van der Waals surface area contributed by atoms with Gasteiger partial charge in [-0.1, -0.05) is 181 Å². The summed E-state index contributed by atoms with van der Waals surface area (Å²) < 4.78 is 11.8. The van der Waals surface area contributed by atoms with Crippen molar-refractivity contribution < 1.29 is 19.1 Å². The summed E-state index contributed by atoms with van der Waals surface area (Å²) in [5, 5.41) is 6.24. The first kappa shape index (κ1) is 50.6. The van der Waals surface area contributed by atoms with Gasteiger partial charge in [0, 0.05) is 48.8 Å². The molecule has 0 unspecified atom stereocenters. The van der Waals surface area contributed by atoms with Crippen LogP contribution in [0.2, 0.25) is 0 Å². The molecule has 0 spiro atoms. The highest BCUT2D eigenvalue weighted by Crippen LogP contribution is 2.17. The Morgan fingerprint density at radius 2 is 0.655 bits per heavy atom. The number of hydrogen-bond donors (Lipinski definition) is 2. The Morgan fingerprint density at radius 3 is 0.931 bits per heavy atom. The SMILES string of the molecule is CCCCCCCCCCCCCCCCOc1ccc(C(=O)/C=C/NCCN/C=C/C(=O)c2ccc(OCCCCCCCCCCCCCCCC)cc2)cc1. The quantitative estimate of drug-likeness (QED) is 0.0396. The normalized spacial score (nSPS) is 11.4. The summed E-state index contributed by atoms with van der Waals surface area (Å²) in [6.45, 7) is 7.21. The van der Waals surface area contributed by atoms with E-state index in [1.165, 1.54) is 179 Å². The van der Waals surface area contributed by atoms with Crippen LogP contribution in [0.25, 0.3) is 0 Å². The number of benzene rings is 2. The predicted octanol–water partition coefficient (Wildman–Crippen LogP) is 14.7. The van der Waals surface area contributed by atoms with Gasteiger partial charge in [0.15, 0.2) is 11.6 Å². The van der Waals surface area contributed by atoms with Crippen molar-refractivity contribution in [3.05, 3.63) is 84.2 Å². The van der Waals surface area contributed by atoms with E-state index in [0.717, 1.165) is 24.3 Å². The van der Waals surface area contributed by atoms with E-state index in [4.69, 9.17) is 9.47 Å². The van der Waals surface area contributed by atoms with Gasteiger partial charge in [0.25, 0.3) is 0 Å². The molecule has 2 aromatic carbocycles. The van der Waals surface area contributed by atoms with Crippen LogP contribution in [0.1, 0.15) is 214 Å². The summed E-state index contributed by atoms with van der Waals surface area (Å²) in [7, 11) is 0. The molecule has 0 atom stereocenters. The lowest BCUT2D eigenvalue weighted by molar-refractivity contribution is 0.103. The molecule has 326 valence electrons. The number of carbonyl (C=O) groups excluding carboxylic acids is 2. The second kappa shape index (κ2) is 37.7. The topological polar surface area (TPSA) is 76.7 Å². The number of ether oxygens (including phenoxy) is 2. The smallest absolute Gasteiger partial charge is 0.187 e. The van der Waals surface area contributed by atoms with Crippen LogP contribution in [-0.2, 0) is 0 Å². The predicted molar refractivity (Wildman–Crippen MR) is 247 cm³/mol. The fourth-order valence-corrected chi connectivity index (χ4v) is 7.18. The van der Waals surface area contributed by atoms with E-state index >= 15 is 0 Å². The zero-order valence-corrected chi connectivity index (χ0v) is 37.2. The Hall–Kier alpha value is -3.54. The first-order valence-corrected chi connectivity index (χ1v) is 24.0. The van der Waals surface area contributed by atoms with Crippen molar-refractivity contribution in [1.82, 2.24) is 10.6 Å². The van der Waals surface area contributed by atoms with Crippen LogP contribution >= 0.6 is 0 Å². The Balaban J connectivity index is 1.42. The van der Waals surface area contributed by atoms with Gasteiger partial charge < -0.3 is 20.1 Å². The lowest BCUT2D eigenvalue weighted by Crippen LogP contribution is -2.20. The largest absolute Gasteiger partial charge is 0.494 e. The van der Waals surface area contributed by atoms with Crippen molar-refractivity contribution in [2.45, 2.75) is 194 Å². The number of carbonyl (C=O) groups is 2. The van der Waals surface area contributed by atoms with Crippen LogP contribution in [0, 0.1) is 0 Å². The molecule has 0 aliphatic heterocycles. The van der Waals surface area contributed by atoms with Crippen LogP contribution in [0.4, 0.5) is 0 Å². The molecule has 2 N–H and O–H groups in total. The van der Waals surface area contributed by atoms with Crippen LogP contribution in [0.5, 0.6) is 11.5 Å². The molecule has 0 fully saturated rings.